The number of benzene rings is 1. The number of hydrogen-bond acceptors (Lipinski definition) is 3. The maximum atomic E-state index is 12.1. The van der Waals surface area contributed by atoms with Gasteiger partial charge in [0.25, 0.3) is 0 Å². The molecule has 0 amide bonds. The Balaban J connectivity index is 2.55. The minimum absolute atomic E-state index is 0.166. The van der Waals surface area contributed by atoms with Crippen molar-refractivity contribution in [3.05, 3.63) is 35.9 Å². The first-order chi connectivity index (χ1) is 9.69. The molecule has 0 bridgehead atoms. The quantitative estimate of drug-likeness (QED) is 0.503. The standard InChI is InChI=1S/C17H27NO2/c1-4-6-13-18(14-7-5-2)15(3)20-17(19)16-11-9-8-10-12-16/h8-12,15H,4-7,13-14H2,1-3H3. The highest BCUT2D eigenvalue weighted by Gasteiger charge is 2.17. The normalized spacial score (nSPS) is 12.4. The van der Waals surface area contributed by atoms with Crippen molar-refractivity contribution in [2.75, 3.05) is 13.1 Å². The molecule has 0 radical (unpaired) electrons. The second-order valence-corrected chi connectivity index (χ2v) is 5.11. The highest BCUT2D eigenvalue weighted by molar-refractivity contribution is 5.89. The summed E-state index contributed by atoms with van der Waals surface area (Å²) in [7, 11) is 0. The molecule has 0 aliphatic heterocycles. The third-order valence-corrected chi connectivity index (χ3v) is 3.40. The van der Waals surface area contributed by atoms with Gasteiger partial charge in [-0.15, -0.1) is 0 Å². The predicted octanol–water partition coefficient (Wildman–Crippen LogP) is 4.09. The molecule has 0 N–H and O–H groups in total. The van der Waals surface area contributed by atoms with Gasteiger partial charge in [0.05, 0.1) is 5.56 Å². The summed E-state index contributed by atoms with van der Waals surface area (Å²) >= 11 is 0. The molecule has 0 saturated carbocycles. The first-order valence-electron chi connectivity index (χ1n) is 7.69. The van der Waals surface area contributed by atoms with Crippen molar-refractivity contribution < 1.29 is 9.53 Å². The van der Waals surface area contributed by atoms with E-state index in [0.29, 0.717) is 5.56 Å². The minimum atomic E-state index is -0.240. The molecule has 3 heteroatoms. The van der Waals surface area contributed by atoms with Gasteiger partial charge in [-0.2, -0.15) is 0 Å². The van der Waals surface area contributed by atoms with Crippen molar-refractivity contribution in [3.63, 3.8) is 0 Å². The van der Waals surface area contributed by atoms with E-state index in [2.05, 4.69) is 18.7 Å². The molecule has 0 aliphatic carbocycles. The maximum Gasteiger partial charge on any atom is 0.339 e. The summed E-state index contributed by atoms with van der Waals surface area (Å²) in [4.78, 5) is 14.3. The van der Waals surface area contributed by atoms with E-state index < -0.39 is 0 Å². The van der Waals surface area contributed by atoms with Crippen LogP contribution in [0.3, 0.4) is 0 Å². The van der Waals surface area contributed by atoms with Crippen LogP contribution in [0.5, 0.6) is 0 Å². The Morgan fingerprint density at radius 1 is 1.10 bits per heavy atom. The lowest BCUT2D eigenvalue weighted by atomic mass is 10.2. The molecule has 112 valence electrons. The third kappa shape index (κ3) is 5.74. The summed E-state index contributed by atoms with van der Waals surface area (Å²) in [6, 6.07) is 9.18. The van der Waals surface area contributed by atoms with E-state index in [9.17, 15) is 4.79 Å². The Kier molecular flexibility index (Phi) is 7.97. The molecule has 1 rings (SSSR count). The first kappa shape index (κ1) is 16.7. The Labute approximate surface area is 122 Å². The van der Waals surface area contributed by atoms with Gasteiger partial charge in [-0.05, 0) is 31.9 Å². The second-order valence-electron chi connectivity index (χ2n) is 5.11. The van der Waals surface area contributed by atoms with E-state index in [4.69, 9.17) is 4.74 Å². The van der Waals surface area contributed by atoms with Crippen molar-refractivity contribution in [1.29, 1.82) is 0 Å². The van der Waals surface area contributed by atoms with Gasteiger partial charge in [-0.25, -0.2) is 4.79 Å². The number of rotatable bonds is 9. The maximum absolute atomic E-state index is 12.1. The Hall–Kier alpha value is -1.35. The van der Waals surface area contributed by atoms with Crippen molar-refractivity contribution in [2.24, 2.45) is 0 Å². The lowest BCUT2D eigenvalue weighted by Gasteiger charge is -2.28. The van der Waals surface area contributed by atoms with Crippen LogP contribution < -0.4 is 0 Å². The van der Waals surface area contributed by atoms with Gasteiger partial charge in [0, 0.05) is 13.1 Å². The largest absolute Gasteiger partial charge is 0.443 e. The summed E-state index contributed by atoms with van der Waals surface area (Å²) in [5.41, 5.74) is 0.616. The lowest BCUT2D eigenvalue weighted by Crippen LogP contribution is -2.38. The van der Waals surface area contributed by atoms with Crippen LogP contribution in [0.4, 0.5) is 0 Å². The van der Waals surface area contributed by atoms with Crippen LogP contribution in [0.1, 0.15) is 56.8 Å². The molecule has 0 spiro atoms. The zero-order valence-electron chi connectivity index (χ0n) is 13.0. The molecule has 1 aromatic rings. The van der Waals surface area contributed by atoms with E-state index in [1.165, 1.54) is 0 Å². The second kappa shape index (κ2) is 9.54. The summed E-state index contributed by atoms with van der Waals surface area (Å²) in [6.07, 6.45) is 4.42. The number of carbonyl (C=O) groups is 1. The zero-order valence-corrected chi connectivity index (χ0v) is 13.0. The lowest BCUT2D eigenvalue weighted by molar-refractivity contribution is -0.0244. The van der Waals surface area contributed by atoms with Gasteiger partial charge < -0.3 is 4.74 Å². The van der Waals surface area contributed by atoms with Crippen LogP contribution >= 0.6 is 0 Å². The molecule has 0 heterocycles. The van der Waals surface area contributed by atoms with Gasteiger partial charge in [-0.1, -0.05) is 44.9 Å². The van der Waals surface area contributed by atoms with E-state index in [1.807, 2.05) is 25.1 Å². The number of ether oxygens (including phenoxy) is 1. The number of carbonyl (C=O) groups excluding carboxylic acids is 1. The third-order valence-electron chi connectivity index (χ3n) is 3.40. The molecular weight excluding hydrogens is 250 g/mol. The average Bonchev–Trinajstić information content (AvgIpc) is 2.48. The van der Waals surface area contributed by atoms with Gasteiger partial charge >= 0.3 is 5.97 Å². The van der Waals surface area contributed by atoms with Crippen molar-refractivity contribution in [3.8, 4) is 0 Å². The smallest absolute Gasteiger partial charge is 0.339 e. The van der Waals surface area contributed by atoms with Crippen LogP contribution in [-0.4, -0.2) is 30.2 Å². The Morgan fingerprint density at radius 3 is 2.15 bits per heavy atom. The minimum Gasteiger partial charge on any atom is -0.443 e. The van der Waals surface area contributed by atoms with E-state index in [0.717, 1.165) is 38.8 Å². The summed E-state index contributed by atoms with van der Waals surface area (Å²) in [6.45, 7) is 8.29. The fourth-order valence-corrected chi connectivity index (χ4v) is 2.07. The van der Waals surface area contributed by atoms with E-state index in [1.54, 1.807) is 12.1 Å². The summed E-state index contributed by atoms with van der Waals surface area (Å²) in [5.74, 6) is -0.240. The van der Waals surface area contributed by atoms with Crippen molar-refractivity contribution in [1.82, 2.24) is 4.90 Å². The topological polar surface area (TPSA) is 29.5 Å². The highest BCUT2D eigenvalue weighted by atomic mass is 16.6. The van der Waals surface area contributed by atoms with Crippen LogP contribution in [0.25, 0.3) is 0 Å². The van der Waals surface area contributed by atoms with Crippen molar-refractivity contribution in [2.45, 2.75) is 52.7 Å². The molecule has 1 atom stereocenters. The summed E-state index contributed by atoms with van der Waals surface area (Å²) in [5, 5.41) is 0. The van der Waals surface area contributed by atoms with E-state index >= 15 is 0 Å². The molecule has 3 nitrogen and oxygen atoms in total. The molecular formula is C17H27NO2. The van der Waals surface area contributed by atoms with Crippen LogP contribution in [0.2, 0.25) is 0 Å². The zero-order chi connectivity index (χ0) is 14.8. The molecule has 0 fully saturated rings. The molecule has 1 unspecified atom stereocenters. The number of hydrogen-bond donors (Lipinski definition) is 0. The summed E-state index contributed by atoms with van der Waals surface area (Å²) < 4.78 is 5.58. The van der Waals surface area contributed by atoms with Gasteiger partial charge in [0.1, 0.15) is 0 Å². The van der Waals surface area contributed by atoms with Gasteiger partial charge in [0.2, 0.25) is 0 Å². The fourth-order valence-electron chi connectivity index (χ4n) is 2.07. The van der Waals surface area contributed by atoms with Crippen molar-refractivity contribution >= 4 is 5.97 Å². The molecule has 1 aromatic carbocycles. The van der Waals surface area contributed by atoms with Crippen LogP contribution in [-0.2, 0) is 4.74 Å². The Morgan fingerprint density at radius 2 is 1.65 bits per heavy atom. The van der Waals surface area contributed by atoms with Gasteiger partial charge in [0.15, 0.2) is 6.23 Å². The number of unbranched alkanes of at least 4 members (excludes halogenated alkanes) is 2. The predicted molar refractivity (Wildman–Crippen MR) is 82.7 cm³/mol. The monoisotopic (exact) mass is 277 g/mol. The Bertz CT molecular complexity index is 370. The number of esters is 1. The first-order valence-corrected chi connectivity index (χ1v) is 7.69. The SMILES string of the molecule is CCCCN(CCCC)C(C)OC(=O)c1ccccc1. The average molecular weight is 277 g/mol. The van der Waals surface area contributed by atoms with Gasteiger partial charge in [-0.3, -0.25) is 4.90 Å². The number of nitrogens with zero attached hydrogens (tertiary/aromatic N) is 1. The molecule has 0 saturated heterocycles. The molecule has 20 heavy (non-hydrogen) atoms. The highest BCUT2D eigenvalue weighted by Crippen LogP contribution is 2.09. The fraction of sp³-hybridized carbons (Fsp3) is 0.588. The van der Waals surface area contributed by atoms with Crippen LogP contribution in [0, 0.1) is 0 Å². The van der Waals surface area contributed by atoms with Crippen LogP contribution in [0.15, 0.2) is 30.3 Å². The van der Waals surface area contributed by atoms with E-state index in [-0.39, 0.29) is 12.2 Å². The molecule has 0 aromatic heterocycles. The molecule has 0 aliphatic rings.